The first-order valence-corrected chi connectivity index (χ1v) is 9.59. The Hall–Kier alpha value is -4.33. The topological polar surface area (TPSA) is 85.4 Å². The molecule has 150 valence electrons. The largest absolute Gasteiger partial charge is 0.508 e. The molecule has 0 radical (unpaired) electrons. The molecular weight excluding hydrogens is 397 g/mol. The number of nitrogens with zero attached hydrogens (tertiary/aromatic N) is 5. The van der Waals surface area contributed by atoms with Crippen LogP contribution in [0.5, 0.6) is 17.4 Å². The third-order valence-electron chi connectivity index (χ3n) is 5.31. The van der Waals surface area contributed by atoms with Gasteiger partial charge in [-0.2, -0.15) is 0 Å². The molecule has 5 aromatic rings. The van der Waals surface area contributed by atoms with Crippen LogP contribution in [0.25, 0.3) is 17.0 Å². The summed E-state index contributed by atoms with van der Waals surface area (Å²) >= 11 is 0. The molecule has 0 fully saturated rings. The van der Waals surface area contributed by atoms with E-state index in [4.69, 9.17) is 9.72 Å². The second-order valence-electron chi connectivity index (χ2n) is 7.22. The van der Waals surface area contributed by atoms with E-state index in [0.717, 1.165) is 16.7 Å². The van der Waals surface area contributed by atoms with Crippen molar-refractivity contribution in [2.24, 2.45) is 0 Å². The summed E-state index contributed by atoms with van der Waals surface area (Å²) in [5.74, 6) is 0.880. The van der Waals surface area contributed by atoms with Crippen LogP contribution in [-0.2, 0) is 0 Å². The number of aromatic nitrogens is 5. The van der Waals surface area contributed by atoms with Crippen molar-refractivity contribution >= 4 is 5.65 Å². The molecule has 8 heteroatoms. The Morgan fingerprint density at radius 1 is 1.06 bits per heavy atom. The van der Waals surface area contributed by atoms with Gasteiger partial charge in [0, 0.05) is 35.5 Å². The molecule has 1 N–H and O–H groups in total. The summed E-state index contributed by atoms with van der Waals surface area (Å²) in [4.78, 5) is 13.5. The molecule has 0 aliphatic carbocycles. The maximum Gasteiger partial charge on any atom is 0.228 e. The van der Waals surface area contributed by atoms with Crippen molar-refractivity contribution in [1.82, 2.24) is 24.6 Å². The van der Waals surface area contributed by atoms with E-state index in [1.807, 2.05) is 18.2 Å². The number of phenols is 1. The van der Waals surface area contributed by atoms with Crippen LogP contribution in [0.2, 0.25) is 0 Å². The Kier molecular flexibility index (Phi) is 3.73. The molecule has 0 amide bonds. The van der Waals surface area contributed by atoms with Gasteiger partial charge in [0.2, 0.25) is 5.88 Å². The highest BCUT2D eigenvalue weighted by atomic mass is 19.1. The minimum absolute atomic E-state index is 0.106. The molecule has 0 saturated heterocycles. The highest BCUT2D eigenvalue weighted by Gasteiger charge is 2.33. The summed E-state index contributed by atoms with van der Waals surface area (Å²) in [5.41, 5.74) is 3.81. The molecule has 6 rings (SSSR count). The SMILES string of the molecule is Oc1ccc2c(c1)Oc1ncn3nc(-c4ccc(F)cc4)nc3c1[C@H]2c1cccnc1. The minimum Gasteiger partial charge on any atom is -0.508 e. The van der Waals surface area contributed by atoms with Crippen molar-refractivity contribution in [2.45, 2.75) is 5.92 Å². The number of hydrogen-bond donors (Lipinski definition) is 1. The van der Waals surface area contributed by atoms with Crippen LogP contribution >= 0.6 is 0 Å². The third kappa shape index (κ3) is 2.80. The number of rotatable bonds is 2. The van der Waals surface area contributed by atoms with E-state index >= 15 is 0 Å². The Balaban J connectivity index is 1.61. The van der Waals surface area contributed by atoms with E-state index in [2.05, 4.69) is 15.1 Å². The van der Waals surface area contributed by atoms with Gasteiger partial charge in [0.1, 0.15) is 23.6 Å². The first-order chi connectivity index (χ1) is 15.2. The number of benzene rings is 2. The lowest BCUT2D eigenvalue weighted by Crippen LogP contribution is -2.15. The molecule has 1 aliphatic rings. The van der Waals surface area contributed by atoms with Crippen molar-refractivity contribution in [2.75, 3.05) is 0 Å². The zero-order valence-corrected chi connectivity index (χ0v) is 16.0. The number of hydrogen-bond acceptors (Lipinski definition) is 6. The van der Waals surface area contributed by atoms with E-state index in [1.165, 1.54) is 18.5 Å². The molecule has 2 aromatic carbocycles. The van der Waals surface area contributed by atoms with Gasteiger partial charge in [-0.05, 0) is 42.0 Å². The van der Waals surface area contributed by atoms with E-state index in [9.17, 15) is 9.50 Å². The van der Waals surface area contributed by atoms with Gasteiger partial charge in [-0.25, -0.2) is 18.9 Å². The monoisotopic (exact) mass is 411 g/mol. The average Bonchev–Trinajstić information content (AvgIpc) is 3.23. The number of pyridine rings is 1. The van der Waals surface area contributed by atoms with Crippen molar-refractivity contribution in [3.8, 4) is 28.8 Å². The van der Waals surface area contributed by atoms with Gasteiger partial charge >= 0.3 is 0 Å². The summed E-state index contributed by atoms with van der Waals surface area (Å²) in [6.07, 6.45) is 5.03. The number of fused-ring (bicyclic) bond motifs is 4. The average molecular weight is 411 g/mol. The Morgan fingerprint density at radius 2 is 1.94 bits per heavy atom. The minimum atomic E-state index is -0.323. The summed E-state index contributed by atoms with van der Waals surface area (Å²) in [5, 5.41) is 14.5. The predicted molar refractivity (Wildman–Crippen MR) is 110 cm³/mol. The summed E-state index contributed by atoms with van der Waals surface area (Å²) in [6.45, 7) is 0. The molecule has 31 heavy (non-hydrogen) atoms. The number of aromatic hydroxyl groups is 1. The van der Waals surface area contributed by atoms with Gasteiger partial charge in [-0.1, -0.05) is 12.1 Å². The number of halogens is 1. The molecular formula is C23H14FN5O2. The van der Waals surface area contributed by atoms with Crippen LogP contribution in [0.4, 0.5) is 4.39 Å². The summed E-state index contributed by atoms with van der Waals surface area (Å²) in [6, 6.07) is 14.9. The lowest BCUT2D eigenvalue weighted by Gasteiger charge is -2.27. The highest BCUT2D eigenvalue weighted by Crippen LogP contribution is 2.48. The Morgan fingerprint density at radius 3 is 2.74 bits per heavy atom. The number of phenolic OH excluding ortho intramolecular Hbond substituents is 1. The predicted octanol–water partition coefficient (Wildman–Crippen LogP) is 4.32. The molecule has 0 unspecified atom stereocenters. The van der Waals surface area contributed by atoms with Gasteiger partial charge < -0.3 is 9.84 Å². The van der Waals surface area contributed by atoms with Gasteiger partial charge in [-0.15, -0.1) is 5.10 Å². The van der Waals surface area contributed by atoms with Crippen LogP contribution in [-0.4, -0.2) is 29.7 Å². The van der Waals surface area contributed by atoms with Crippen molar-refractivity contribution in [3.63, 3.8) is 0 Å². The second kappa shape index (κ2) is 6.60. The highest BCUT2D eigenvalue weighted by molar-refractivity contribution is 5.68. The smallest absolute Gasteiger partial charge is 0.228 e. The van der Waals surface area contributed by atoms with Crippen LogP contribution in [0, 0.1) is 5.82 Å². The van der Waals surface area contributed by atoms with Crippen LogP contribution < -0.4 is 4.74 Å². The van der Waals surface area contributed by atoms with E-state index in [1.54, 1.807) is 41.2 Å². The molecule has 1 aliphatic heterocycles. The lowest BCUT2D eigenvalue weighted by atomic mass is 9.84. The quantitative estimate of drug-likeness (QED) is 0.457. The summed E-state index contributed by atoms with van der Waals surface area (Å²) in [7, 11) is 0. The maximum absolute atomic E-state index is 13.3. The van der Waals surface area contributed by atoms with E-state index < -0.39 is 0 Å². The number of ether oxygens (including phenoxy) is 1. The Bertz CT molecular complexity index is 1430. The molecule has 4 heterocycles. The Labute approximate surface area is 175 Å². The zero-order chi connectivity index (χ0) is 20.9. The third-order valence-corrected chi connectivity index (χ3v) is 5.31. The molecule has 1 atom stereocenters. The fraction of sp³-hybridized carbons (Fsp3) is 0.0435. The summed E-state index contributed by atoms with van der Waals surface area (Å²) < 4.78 is 21.0. The van der Waals surface area contributed by atoms with Gasteiger partial charge in [0.15, 0.2) is 11.5 Å². The van der Waals surface area contributed by atoms with Crippen molar-refractivity contribution < 1.29 is 14.2 Å². The fourth-order valence-corrected chi connectivity index (χ4v) is 3.92. The first-order valence-electron chi connectivity index (χ1n) is 9.59. The lowest BCUT2D eigenvalue weighted by molar-refractivity contribution is 0.422. The normalized spacial score (nSPS) is 14.7. The second-order valence-corrected chi connectivity index (χ2v) is 7.22. The standard InChI is InChI=1S/C23H14FN5O2/c24-15-5-3-13(4-6-15)21-27-22-20-19(14-2-1-9-25-11-14)17-8-7-16(30)10-18(17)31-23(20)26-12-29(22)28-21/h1-12,19,30H/t19-/m0/s1. The van der Waals surface area contributed by atoms with Crippen molar-refractivity contribution in [3.05, 3.63) is 95.8 Å². The van der Waals surface area contributed by atoms with Gasteiger partial charge in [0.25, 0.3) is 0 Å². The van der Waals surface area contributed by atoms with Gasteiger partial charge in [-0.3, -0.25) is 4.98 Å². The molecule has 0 bridgehead atoms. The molecule has 0 spiro atoms. The van der Waals surface area contributed by atoms with Gasteiger partial charge in [0.05, 0.1) is 5.56 Å². The molecule has 3 aromatic heterocycles. The van der Waals surface area contributed by atoms with Crippen LogP contribution in [0.3, 0.4) is 0 Å². The first kappa shape index (κ1) is 17.5. The van der Waals surface area contributed by atoms with Crippen LogP contribution in [0.15, 0.2) is 73.3 Å². The van der Waals surface area contributed by atoms with Crippen LogP contribution in [0.1, 0.15) is 22.6 Å². The van der Waals surface area contributed by atoms with E-state index in [0.29, 0.717) is 28.7 Å². The maximum atomic E-state index is 13.3. The zero-order valence-electron chi connectivity index (χ0n) is 16.0. The molecule has 0 saturated carbocycles. The van der Waals surface area contributed by atoms with E-state index in [-0.39, 0.29) is 17.5 Å². The molecule has 7 nitrogen and oxygen atoms in total. The fourth-order valence-electron chi connectivity index (χ4n) is 3.92. The van der Waals surface area contributed by atoms with Crippen molar-refractivity contribution in [1.29, 1.82) is 0 Å².